The molecular formula is C27H25N3O3. The quantitative estimate of drug-likeness (QED) is 0.392. The van der Waals surface area contributed by atoms with Crippen molar-refractivity contribution < 1.29 is 14.7 Å². The second-order valence-corrected chi connectivity index (χ2v) is 7.79. The maximum atomic E-state index is 12.7. The molecule has 6 nitrogen and oxygen atoms in total. The maximum absolute atomic E-state index is 12.7. The number of pyridine rings is 1. The van der Waals surface area contributed by atoms with Gasteiger partial charge in [-0.2, -0.15) is 0 Å². The summed E-state index contributed by atoms with van der Waals surface area (Å²) in [6, 6.07) is 26.2. The van der Waals surface area contributed by atoms with Crippen LogP contribution in [-0.4, -0.2) is 34.6 Å². The number of rotatable bonds is 8. The SMILES string of the molecule is O=C(NCc1cccc2ccccc12)c1ccnc(C(=O)NC(CO)Cc2ccccc2)c1. The number of amides is 2. The molecule has 0 aliphatic carbocycles. The summed E-state index contributed by atoms with van der Waals surface area (Å²) in [4.78, 5) is 29.5. The smallest absolute Gasteiger partial charge is 0.270 e. The fraction of sp³-hybridized carbons (Fsp3) is 0.148. The van der Waals surface area contributed by atoms with Crippen molar-refractivity contribution in [2.24, 2.45) is 0 Å². The van der Waals surface area contributed by atoms with E-state index in [2.05, 4.69) is 15.6 Å². The Morgan fingerprint density at radius 1 is 0.879 bits per heavy atom. The molecule has 4 aromatic rings. The first kappa shape index (κ1) is 22.2. The number of hydrogen-bond acceptors (Lipinski definition) is 4. The van der Waals surface area contributed by atoms with Crippen LogP contribution in [0.15, 0.2) is 91.1 Å². The van der Waals surface area contributed by atoms with E-state index in [4.69, 9.17) is 0 Å². The summed E-state index contributed by atoms with van der Waals surface area (Å²) >= 11 is 0. The highest BCUT2D eigenvalue weighted by Crippen LogP contribution is 2.18. The van der Waals surface area contributed by atoms with Crippen LogP contribution in [-0.2, 0) is 13.0 Å². The fourth-order valence-corrected chi connectivity index (χ4v) is 3.74. The van der Waals surface area contributed by atoms with Gasteiger partial charge in [0.15, 0.2) is 0 Å². The van der Waals surface area contributed by atoms with Crippen LogP contribution in [0.1, 0.15) is 32.0 Å². The molecule has 166 valence electrons. The third-order valence-corrected chi connectivity index (χ3v) is 5.45. The van der Waals surface area contributed by atoms with E-state index in [1.165, 1.54) is 12.3 Å². The van der Waals surface area contributed by atoms with Crippen molar-refractivity contribution in [1.29, 1.82) is 0 Å². The number of carbonyl (C=O) groups excluding carboxylic acids is 2. The minimum Gasteiger partial charge on any atom is -0.394 e. The van der Waals surface area contributed by atoms with E-state index in [1.807, 2.05) is 72.8 Å². The molecule has 1 heterocycles. The van der Waals surface area contributed by atoms with Crippen LogP contribution in [0.25, 0.3) is 10.8 Å². The number of benzene rings is 3. The number of carbonyl (C=O) groups is 2. The summed E-state index contributed by atoms with van der Waals surface area (Å²) in [6.07, 6.45) is 1.93. The molecule has 0 spiro atoms. The Morgan fingerprint density at radius 3 is 2.45 bits per heavy atom. The number of nitrogens with zero attached hydrogens (tertiary/aromatic N) is 1. The van der Waals surface area contributed by atoms with E-state index in [0.29, 0.717) is 18.5 Å². The zero-order valence-electron chi connectivity index (χ0n) is 18.1. The van der Waals surface area contributed by atoms with Crippen LogP contribution >= 0.6 is 0 Å². The molecule has 3 N–H and O–H groups in total. The van der Waals surface area contributed by atoms with E-state index < -0.39 is 11.9 Å². The molecule has 0 saturated carbocycles. The van der Waals surface area contributed by atoms with Crippen molar-refractivity contribution in [3.8, 4) is 0 Å². The highest BCUT2D eigenvalue weighted by Gasteiger charge is 2.16. The van der Waals surface area contributed by atoms with Crippen LogP contribution in [0.5, 0.6) is 0 Å². The van der Waals surface area contributed by atoms with Crippen LogP contribution in [0.2, 0.25) is 0 Å². The molecule has 1 atom stereocenters. The molecule has 1 aromatic heterocycles. The van der Waals surface area contributed by atoms with Crippen LogP contribution < -0.4 is 10.6 Å². The van der Waals surface area contributed by atoms with Gasteiger partial charge in [0.05, 0.1) is 12.6 Å². The number of nitrogens with one attached hydrogen (secondary N) is 2. The van der Waals surface area contributed by atoms with Gasteiger partial charge in [-0.15, -0.1) is 0 Å². The van der Waals surface area contributed by atoms with Gasteiger partial charge in [0, 0.05) is 18.3 Å². The van der Waals surface area contributed by atoms with Crippen molar-refractivity contribution in [2.75, 3.05) is 6.61 Å². The summed E-state index contributed by atoms with van der Waals surface area (Å²) in [5.74, 6) is -0.726. The Labute approximate surface area is 192 Å². The molecule has 3 aromatic carbocycles. The molecule has 1 unspecified atom stereocenters. The van der Waals surface area contributed by atoms with Gasteiger partial charge in [-0.25, -0.2) is 0 Å². The van der Waals surface area contributed by atoms with Crippen LogP contribution in [0.3, 0.4) is 0 Å². The van der Waals surface area contributed by atoms with E-state index in [9.17, 15) is 14.7 Å². The van der Waals surface area contributed by atoms with Crippen LogP contribution in [0.4, 0.5) is 0 Å². The Balaban J connectivity index is 1.41. The lowest BCUT2D eigenvalue weighted by molar-refractivity contribution is 0.0911. The van der Waals surface area contributed by atoms with E-state index in [-0.39, 0.29) is 18.2 Å². The molecule has 0 fully saturated rings. The largest absolute Gasteiger partial charge is 0.394 e. The van der Waals surface area contributed by atoms with Crippen molar-refractivity contribution in [2.45, 2.75) is 19.0 Å². The predicted octanol–water partition coefficient (Wildman–Crippen LogP) is 3.50. The first-order chi connectivity index (χ1) is 16.1. The monoisotopic (exact) mass is 439 g/mol. The van der Waals surface area contributed by atoms with Crippen molar-refractivity contribution in [1.82, 2.24) is 15.6 Å². The average molecular weight is 440 g/mol. The first-order valence-corrected chi connectivity index (χ1v) is 10.8. The molecule has 0 bridgehead atoms. The molecule has 2 amide bonds. The van der Waals surface area contributed by atoms with E-state index in [1.54, 1.807) is 6.07 Å². The van der Waals surface area contributed by atoms with E-state index >= 15 is 0 Å². The topological polar surface area (TPSA) is 91.3 Å². The standard InChI is InChI=1S/C27H25N3O3/c31-18-23(15-19-7-2-1-3-8-19)30-27(33)25-16-21(13-14-28-25)26(32)29-17-22-11-6-10-20-9-4-5-12-24(20)22/h1-14,16,23,31H,15,17-18H2,(H,29,32)(H,30,33). The second-order valence-electron chi connectivity index (χ2n) is 7.79. The first-order valence-electron chi connectivity index (χ1n) is 10.8. The molecular weight excluding hydrogens is 414 g/mol. The summed E-state index contributed by atoms with van der Waals surface area (Å²) in [5, 5.41) is 17.6. The number of aliphatic hydroxyl groups is 1. The Bertz CT molecular complexity index is 1250. The average Bonchev–Trinajstić information content (AvgIpc) is 2.87. The van der Waals surface area contributed by atoms with Crippen LogP contribution in [0, 0.1) is 0 Å². The summed E-state index contributed by atoms with van der Waals surface area (Å²) in [6.45, 7) is 0.166. The number of aromatic nitrogens is 1. The van der Waals surface area contributed by atoms with Gasteiger partial charge in [0.25, 0.3) is 11.8 Å². The minimum absolute atomic E-state index is 0.124. The summed E-state index contributed by atoms with van der Waals surface area (Å²) in [7, 11) is 0. The van der Waals surface area contributed by atoms with Gasteiger partial charge in [-0.3, -0.25) is 14.6 Å². The van der Waals surface area contributed by atoms with Gasteiger partial charge in [0.1, 0.15) is 5.69 Å². The Morgan fingerprint density at radius 2 is 1.64 bits per heavy atom. The highest BCUT2D eigenvalue weighted by molar-refractivity contribution is 5.98. The molecule has 4 rings (SSSR count). The zero-order valence-corrected chi connectivity index (χ0v) is 18.1. The maximum Gasteiger partial charge on any atom is 0.270 e. The highest BCUT2D eigenvalue weighted by atomic mass is 16.3. The Hall–Kier alpha value is -4.03. The van der Waals surface area contributed by atoms with Gasteiger partial charge in [0.2, 0.25) is 0 Å². The number of fused-ring (bicyclic) bond motifs is 1. The zero-order chi connectivity index (χ0) is 23.0. The van der Waals surface area contributed by atoms with Crippen molar-refractivity contribution >= 4 is 22.6 Å². The van der Waals surface area contributed by atoms with Gasteiger partial charge < -0.3 is 15.7 Å². The lowest BCUT2D eigenvalue weighted by Crippen LogP contribution is -2.39. The second kappa shape index (κ2) is 10.5. The molecule has 0 radical (unpaired) electrons. The number of aliphatic hydroxyl groups excluding tert-OH is 1. The molecule has 0 aliphatic rings. The lowest BCUT2D eigenvalue weighted by Gasteiger charge is -2.16. The molecule has 0 aliphatic heterocycles. The third-order valence-electron chi connectivity index (χ3n) is 5.45. The third kappa shape index (κ3) is 5.61. The lowest BCUT2D eigenvalue weighted by atomic mass is 10.0. The van der Waals surface area contributed by atoms with Crippen molar-refractivity contribution in [3.63, 3.8) is 0 Å². The molecule has 0 saturated heterocycles. The van der Waals surface area contributed by atoms with Crippen molar-refractivity contribution in [3.05, 3.63) is 114 Å². The number of hydrogen-bond donors (Lipinski definition) is 3. The normalized spacial score (nSPS) is 11.7. The Kier molecular flexibility index (Phi) is 7.07. The van der Waals surface area contributed by atoms with Gasteiger partial charge in [-0.1, -0.05) is 72.8 Å². The summed E-state index contributed by atoms with van der Waals surface area (Å²) < 4.78 is 0. The minimum atomic E-state index is -0.453. The molecule has 6 heteroatoms. The van der Waals surface area contributed by atoms with E-state index in [0.717, 1.165) is 21.9 Å². The molecule has 33 heavy (non-hydrogen) atoms. The summed E-state index contributed by atoms with van der Waals surface area (Å²) in [5.41, 5.74) is 2.49. The predicted molar refractivity (Wildman–Crippen MR) is 128 cm³/mol. The fourth-order valence-electron chi connectivity index (χ4n) is 3.74. The van der Waals surface area contributed by atoms with Gasteiger partial charge >= 0.3 is 0 Å². The van der Waals surface area contributed by atoms with Gasteiger partial charge in [-0.05, 0) is 40.5 Å².